The molecule has 0 bridgehead atoms. The van der Waals surface area contributed by atoms with Gasteiger partial charge in [0.15, 0.2) is 0 Å². The summed E-state index contributed by atoms with van der Waals surface area (Å²) in [5.74, 6) is -0.291. The lowest BCUT2D eigenvalue weighted by Gasteiger charge is -2.20. The molecule has 1 N–H and O–H groups in total. The summed E-state index contributed by atoms with van der Waals surface area (Å²) in [6, 6.07) is 5.31. The number of nitrogens with one attached hydrogen (secondary N) is 1. The fraction of sp³-hybridized carbons (Fsp3) is 0.533. The lowest BCUT2D eigenvalue weighted by molar-refractivity contribution is -0.121. The van der Waals surface area contributed by atoms with Crippen LogP contribution in [0.5, 0.6) is 0 Å². The number of carbonyl (C=O) groups is 1. The molecule has 21 heavy (non-hydrogen) atoms. The molecule has 0 aliphatic heterocycles. The van der Waals surface area contributed by atoms with Gasteiger partial charge in [0, 0.05) is 13.1 Å². The standard InChI is InChI=1S/C15H24N2O3S/c1-6-13(4)16-15(18)10-17(5)21(19,20)14-9-11(2)7-8-12(14)3/h7-9,13H,6,10H2,1-5H3,(H,16,18)/t13-/m0/s1. The van der Waals surface area contributed by atoms with E-state index in [0.717, 1.165) is 16.3 Å². The van der Waals surface area contributed by atoms with Crippen LogP contribution in [0.4, 0.5) is 0 Å². The number of sulfonamides is 1. The molecule has 0 aromatic heterocycles. The fourth-order valence-corrected chi connectivity index (χ4v) is 3.30. The van der Waals surface area contributed by atoms with Gasteiger partial charge >= 0.3 is 0 Å². The van der Waals surface area contributed by atoms with Crippen LogP contribution in [-0.4, -0.2) is 38.3 Å². The van der Waals surface area contributed by atoms with Crippen molar-refractivity contribution in [1.82, 2.24) is 9.62 Å². The van der Waals surface area contributed by atoms with Crippen LogP contribution in [0.2, 0.25) is 0 Å². The Morgan fingerprint density at radius 2 is 1.95 bits per heavy atom. The van der Waals surface area contributed by atoms with Crippen molar-refractivity contribution in [2.45, 2.75) is 45.1 Å². The largest absolute Gasteiger partial charge is 0.353 e. The van der Waals surface area contributed by atoms with Crippen LogP contribution in [0.1, 0.15) is 31.4 Å². The zero-order valence-corrected chi connectivity index (χ0v) is 14.1. The van der Waals surface area contributed by atoms with Crippen molar-refractivity contribution >= 4 is 15.9 Å². The SMILES string of the molecule is CC[C@H](C)NC(=O)CN(C)S(=O)(=O)c1cc(C)ccc1C. The topological polar surface area (TPSA) is 66.5 Å². The average molecular weight is 312 g/mol. The fourth-order valence-electron chi connectivity index (χ4n) is 1.86. The Hall–Kier alpha value is -1.40. The highest BCUT2D eigenvalue weighted by Crippen LogP contribution is 2.20. The number of benzene rings is 1. The monoisotopic (exact) mass is 312 g/mol. The summed E-state index contributed by atoms with van der Waals surface area (Å²) in [6.07, 6.45) is 0.805. The number of amides is 1. The highest BCUT2D eigenvalue weighted by molar-refractivity contribution is 7.89. The second-order valence-electron chi connectivity index (χ2n) is 5.41. The predicted molar refractivity (Wildman–Crippen MR) is 83.6 cm³/mol. The highest BCUT2D eigenvalue weighted by atomic mass is 32.2. The molecule has 0 spiro atoms. The van der Waals surface area contributed by atoms with Crippen LogP contribution in [0.25, 0.3) is 0 Å². The third kappa shape index (κ3) is 4.54. The molecule has 0 heterocycles. The van der Waals surface area contributed by atoms with E-state index in [0.29, 0.717) is 5.56 Å². The van der Waals surface area contributed by atoms with Gasteiger partial charge in [-0.15, -0.1) is 0 Å². The van der Waals surface area contributed by atoms with E-state index in [1.54, 1.807) is 19.1 Å². The molecular formula is C15H24N2O3S. The number of hydrogen-bond acceptors (Lipinski definition) is 3. The van der Waals surface area contributed by atoms with Gasteiger partial charge in [0.2, 0.25) is 15.9 Å². The summed E-state index contributed by atoms with van der Waals surface area (Å²) in [5, 5.41) is 2.76. The number of likely N-dealkylation sites (N-methyl/N-ethyl adjacent to an activating group) is 1. The van der Waals surface area contributed by atoms with E-state index in [1.807, 2.05) is 26.8 Å². The quantitative estimate of drug-likeness (QED) is 0.871. The first-order valence-corrected chi connectivity index (χ1v) is 8.45. The van der Waals surface area contributed by atoms with Gasteiger partial charge in [-0.2, -0.15) is 4.31 Å². The van der Waals surface area contributed by atoms with E-state index in [9.17, 15) is 13.2 Å². The summed E-state index contributed by atoms with van der Waals surface area (Å²) >= 11 is 0. The third-order valence-corrected chi connectivity index (χ3v) is 5.36. The maximum absolute atomic E-state index is 12.5. The summed E-state index contributed by atoms with van der Waals surface area (Å²) < 4.78 is 26.2. The molecule has 0 radical (unpaired) electrons. The first-order valence-electron chi connectivity index (χ1n) is 7.01. The van der Waals surface area contributed by atoms with Crippen molar-refractivity contribution < 1.29 is 13.2 Å². The van der Waals surface area contributed by atoms with Gasteiger partial charge in [-0.25, -0.2) is 8.42 Å². The van der Waals surface area contributed by atoms with Crippen LogP contribution in [0.15, 0.2) is 23.1 Å². The Labute approximate surface area is 127 Å². The van der Waals surface area contributed by atoms with Gasteiger partial charge < -0.3 is 5.32 Å². The van der Waals surface area contributed by atoms with Gasteiger partial charge in [0.1, 0.15) is 0 Å². The van der Waals surface area contributed by atoms with E-state index in [4.69, 9.17) is 0 Å². The van der Waals surface area contributed by atoms with Gasteiger partial charge in [-0.1, -0.05) is 19.1 Å². The smallest absolute Gasteiger partial charge is 0.243 e. The summed E-state index contributed by atoms with van der Waals surface area (Å²) in [4.78, 5) is 12.1. The molecule has 1 aromatic carbocycles. The van der Waals surface area contributed by atoms with Crippen LogP contribution in [0.3, 0.4) is 0 Å². The normalized spacial score (nSPS) is 13.2. The molecule has 1 amide bonds. The van der Waals surface area contributed by atoms with Crippen molar-refractivity contribution in [2.24, 2.45) is 0 Å². The summed E-state index contributed by atoms with van der Waals surface area (Å²) in [5.41, 5.74) is 1.55. The average Bonchev–Trinajstić information content (AvgIpc) is 2.40. The van der Waals surface area contributed by atoms with Gasteiger partial charge in [-0.05, 0) is 44.4 Å². The van der Waals surface area contributed by atoms with Gasteiger partial charge in [0.25, 0.3) is 0 Å². The lowest BCUT2D eigenvalue weighted by Crippen LogP contribution is -2.41. The van der Waals surface area contributed by atoms with E-state index < -0.39 is 10.0 Å². The number of nitrogens with zero attached hydrogens (tertiary/aromatic N) is 1. The minimum atomic E-state index is -3.66. The third-order valence-electron chi connectivity index (χ3n) is 3.42. The predicted octanol–water partition coefficient (Wildman–Crippen LogP) is 1.84. The van der Waals surface area contributed by atoms with Crippen molar-refractivity contribution in [3.63, 3.8) is 0 Å². The van der Waals surface area contributed by atoms with Crippen molar-refractivity contribution in [2.75, 3.05) is 13.6 Å². The van der Waals surface area contributed by atoms with Crippen LogP contribution >= 0.6 is 0 Å². The number of rotatable bonds is 6. The van der Waals surface area contributed by atoms with Crippen LogP contribution in [0, 0.1) is 13.8 Å². The zero-order valence-electron chi connectivity index (χ0n) is 13.3. The molecule has 118 valence electrons. The molecule has 0 saturated carbocycles. The molecule has 5 nitrogen and oxygen atoms in total. The Kier molecular flexibility index (Phi) is 5.92. The molecular weight excluding hydrogens is 288 g/mol. The Bertz CT molecular complexity index is 611. The van der Waals surface area contributed by atoms with Crippen molar-refractivity contribution in [3.05, 3.63) is 29.3 Å². The molecule has 6 heteroatoms. The highest BCUT2D eigenvalue weighted by Gasteiger charge is 2.25. The van der Waals surface area contributed by atoms with E-state index >= 15 is 0 Å². The molecule has 0 aliphatic carbocycles. The zero-order chi connectivity index (χ0) is 16.2. The molecule has 0 saturated heterocycles. The van der Waals surface area contributed by atoms with Crippen molar-refractivity contribution in [1.29, 1.82) is 0 Å². The number of carbonyl (C=O) groups excluding carboxylic acids is 1. The number of aryl methyl sites for hydroxylation is 2. The molecule has 1 aromatic rings. The summed E-state index contributed by atoms with van der Waals surface area (Å²) in [6.45, 7) is 7.26. The minimum absolute atomic E-state index is 0.0364. The summed E-state index contributed by atoms with van der Waals surface area (Å²) in [7, 11) is -2.23. The Morgan fingerprint density at radius 3 is 2.52 bits per heavy atom. The van der Waals surface area contributed by atoms with E-state index in [1.165, 1.54) is 7.05 Å². The molecule has 0 unspecified atom stereocenters. The van der Waals surface area contributed by atoms with Crippen LogP contribution in [-0.2, 0) is 14.8 Å². The Morgan fingerprint density at radius 1 is 1.33 bits per heavy atom. The maximum atomic E-state index is 12.5. The lowest BCUT2D eigenvalue weighted by atomic mass is 10.2. The van der Waals surface area contributed by atoms with Gasteiger partial charge in [-0.3, -0.25) is 4.79 Å². The molecule has 0 fully saturated rings. The van der Waals surface area contributed by atoms with Crippen molar-refractivity contribution in [3.8, 4) is 0 Å². The first-order chi connectivity index (χ1) is 9.68. The second-order valence-corrected chi connectivity index (χ2v) is 7.42. The molecule has 1 atom stereocenters. The maximum Gasteiger partial charge on any atom is 0.243 e. The van der Waals surface area contributed by atoms with Crippen LogP contribution < -0.4 is 5.32 Å². The second kappa shape index (κ2) is 7.04. The van der Waals surface area contributed by atoms with E-state index in [-0.39, 0.29) is 23.4 Å². The van der Waals surface area contributed by atoms with E-state index in [2.05, 4.69) is 5.32 Å². The molecule has 0 aliphatic rings. The number of hydrogen-bond donors (Lipinski definition) is 1. The van der Waals surface area contributed by atoms with Gasteiger partial charge in [0.05, 0.1) is 11.4 Å². The minimum Gasteiger partial charge on any atom is -0.353 e. The molecule has 1 rings (SSSR count). The Balaban J connectivity index is 2.92. The first kappa shape index (κ1) is 17.7.